The summed E-state index contributed by atoms with van der Waals surface area (Å²) < 4.78 is 5.49. The third-order valence-electron chi connectivity index (χ3n) is 2.67. The minimum Gasteiger partial charge on any atom is -0.491 e. The Bertz CT molecular complexity index is 462. The summed E-state index contributed by atoms with van der Waals surface area (Å²) in [6.07, 6.45) is 1.25. The van der Waals surface area contributed by atoms with Crippen molar-refractivity contribution in [2.24, 2.45) is 0 Å². The molecule has 0 fully saturated rings. The number of aromatic nitrogens is 1. The van der Waals surface area contributed by atoms with E-state index in [0.29, 0.717) is 6.54 Å². The van der Waals surface area contributed by atoms with E-state index in [1.54, 1.807) is 17.5 Å². The first-order valence-electron chi connectivity index (χ1n) is 6.24. The highest BCUT2D eigenvalue weighted by molar-refractivity contribution is 7.09. The first-order valence-corrected chi connectivity index (χ1v) is 7.12. The summed E-state index contributed by atoms with van der Waals surface area (Å²) in [4.78, 5) is 4.23. The van der Waals surface area contributed by atoms with E-state index >= 15 is 0 Å². The van der Waals surface area contributed by atoms with Gasteiger partial charge >= 0.3 is 0 Å². The fraction of sp³-hybridized carbons (Fsp3) is 0.357. The molecule has 1 aromatic heterocycles. The molecule has 0 aliphatic carbocycles. The summed E-state index contributed by atoms with van der Waals surface area (Å²) in [6.45, 7) is 2.79. The Balaban J connectivity index is 1.69. The zero-order chi connectivity index (χ0) is 13.5. The molecule has 2 atom stereocenters. The summed E-state index contributed by atoms with van der Waals surface area (Å²) in [6, 6.07) is 9.64. The van der Waals surface area contributed by atoms with E-state index in [1.165, 1.54) is 0 Å². The average Bonchev–Trinajstić information content (AvgIpc) is 2.98. The smallest absolute Gasteiger partial charge is 0.119 e. The molecule has 5 heteroatoms. The van der Waals surface area contributed by atoms with E-state index in [0.717, 1.165) is 10.8 Å². The van der Waals surface area contributed by atoms with Gasteiger partial charge in [-0.25, -0.2) is 4.98 Å². The Morgan fingerprint density at radius 3 is 2.84 bits per heavy atom. The maximum atomic E-state index is 9.85. The summed E-state index contributed by atoms with van der Waals surface area (Å²) in [7, 11) is 0. The topological polar surface area (TPSA) is 54.4 Å². The second-order valence-electron chi connectivity index (χ2n) is 4.28. The zero-order valence-electron chi connectivity index (χ0n) is 10.8. The predicted molar refractivity (Wildman–Crippen MR) is 76.5 cm³/mol. The van der Waals surface area contributed by atoms with Crippen LogP contribution >= 0.6 is 11.3 Å². The van der Waals surface area contributed by atoms with Crippen LogP contribution in [0, 0.1) is 0 Å². The fourth-order valence-electron chi connectivity index (χ4n) is 1.62. The van der Waals surface area contributed by atoms with Gasteiger partial charge in [0, 0.05) is 18.1 Å². The van der Waals surface area contributed by atoms with Crippen LogP contribution in [0.3, 0.4) is 0 Å². The molecule has 102 valence electrons. The second-order valence-corrected chi connectivity index (χ2v) is 5.20. The van der Waals surface area contributed by atoms with Crippen molar-refractivity contribution in [1.82, 2.24) is 10.3 Å². The normalized spacial score (nSPS) is 14.0. The van der Waals surface area contributed by atoms with Crippen LogP contribution in [0.4, 0.5) is 0 Å². The Labute approximate surface area is 117 Å². The first kappa shape index (κ1) is 14.0. The van der Waals surface area contributed by atoms with E-state index < -0.39 is 6.10 Å². The first-order chi connectivity index (χ1) is 9.25. The molecule has 0 bridgehead atoms. The van der Waals surface area contributed by atoms with E-state index in [9.17, 15) is 5.11 Å². The van der Waals surface area contributed by atoms with Crippen LogP contribution in [0.25, 0.3) is 0 Å². The van der Waals surface area contributed by atoms with Crippen molar-refractivity contribution < 1.29 is 9.84 Å². The molecule has 0 saturated carbocycles. The van der Waals surface area contributed by atoms with Gasteiger partial charge in [0.05, 0.1) is 6.04 Å². The monoisotopic (exact) mass is 278 g/mol. The summed E-state index contributed by atoms with van der Waals surface area (Å²) >= 11 is 1.61. The number of rotatable bonds is 7. The van der Waals surface area contributed by atoms with E-state index in [1.807, 2.05) is 42.6 Å². The van der Waals surface area contributed by atoms with Gasteiger partial charge in [0.2, 0.25) is 0 Å². The maximum Gasteiger partial charge on any atom is 0.119 e. The number of ether oxygens (including phenoxy) is 1. The lowest BCUT2D eigenvalue weighted by Crippen LogP contribution is -2.33. The SMILES string of the molecule is CC(NCC(O)COc1ccccc1)c1nccs1. The second kappa shape index (κ2) is 7.23. The number of hydrogen-bond acceptors (Lipinski definition) is 5. The maximum absolute atomic E-state index is 9.85. The van der Waals surface area contributed by atoms with Gasteiger partial charge in [-0.05, 0) is 19.1 Å². The fourth-order valence-corrected chi connectivity index (χ4v) is 2.29. The van der Waals surface area contributed by atoms with Crippen LogP contribution < -0.4 is 10.1 Å². The van der Waals surface area contributed by atoms with Gasteiger partial charge in [-0.2, -0.15) is 0 Å². The predicted octanol–water partition coefficient (Wildman–Crippen LogP) is 2.23. The minimum atomic E-state index is -0.539. The van der Waals surface area contributed by atoms with Crippen molar-refractivity contribution in [3.8, 4) is 5.75 Å². The Morgan fingerprint density at radius 1 is 1.37 bits per heavy atom. The van der Waals surface area contributed by atoms with Gasteiger partial charge in [0.1, 0.15) is 23.5 Å². The van der Waals surface area contributed by atoms with Gasteiger partial charge in [-0.1, -0.05) is 18.2 Å². The number of benzene rings is 1. The largest absolute Gasteiger partial charge is 0.491 e. The van der Waals surface area contributed by atoms with Crippen LogP contribution in [0.2, 0.25) is 0 Å². The van der Waals surface area contributed by atoms with Gasteiger partial charge in [-0.3, -0.25) is 0 Å². The molecular weight excluding hydrogens is 260 g/mol. The lowest BCUT2D eigenvalue weighted by Gasteiger charge is -2.16. The molecule has 2 rings (SSSR count). The molecule has 1 aromatic carbocycles. The molecule has 2 unspecified atom stereocenters. The van der Waals surface area contributed by atoms with Crippen molar-refractivity contribution in [3.05, 3.63) is 46.9 Å². The Hall–Kier alpha value is -1.43. The molecule has 1 heterocycles. The molecule has 4 nitrogen and oxygen atoms in total. The molecule has 0 radical (unpaired) electrons. The van der Waals surface area contributed by atoms with Gasteiger partial charge in [0.15, 0.2) is 0 Å². The van der Waals surface area contributed by atoms with Crippen molar-refractivity contribution in [3.63, 3.8) is 0 Å². The molecule has 0 saturated heterocycles. The molecule has 2 aromatic rings. The van der Waals surface area contributed by atoms with Crippen molar-refractivity contribution in [1.29, 1.82) is 0 Å². The van der Waals surface area contributed by atoms with Crippen LogP contribution in [0.1, 0.15) is 18.0 Å². The quantitative estimate of drug-likeness (QED) is 0.815. The number of aliphatic hydroxyl groups is 1. The lowest BCUT2D eigenvalue weighted by molar-refractivity contribution is 0.104. The third-order valence-corrected chi connectivity index (χ3v) is 3.63. The van der Waals surface area contributed by atoms with Crippen LogP contribution in [0.15, 0.2) is 41.9 Å². The highest BCUT2D eigenvalue weighted by atomic mass is 32.1. The molecular formula is C14H18N2O2S. The van der Waals surface area contributed by atoms with E-state index in [2.05, 4.69) is 10.3 Å². The standard InChI is InChI=1S/C14H18N2O2S/c1-11(14-15-7-8-19-14)16-9-12(17)10-18-13-5-3-2-4-6-13/h2-8,11-12,16-17H,9-10H2,1H3. The van der Waals surface area contributed by atoms with Crippen LogP contribution in [0.5, 0.6) is 5.75 Å². The Kier molecular flexibility index (Phi) is 5.32. The highest BCUT2D eigenvalue weighted by Crippen LogP contribution is 2.14. The van der Waals surface area contributed by atoms with Crippen LogP contribution in [-0.4, -0.2) is 29.3 Å². The summed E-state index contributed by atoms with van der Waals surface area (Å²) in [5, 5.41) is 16.1. The number of hydrogen-bond donors (Lipinski definition) is 2. The minimum absolute atomic E-state index is 0.145. The van der Waals surface area contributed by atoms with Gasteiger partial charge in [0.25, 0.3) is 0 Å². The molecule has 0 spiro atoms. The number of para-hydroxylation sites is 1. The third kappa shape index (κ3) is 4.63. The summed E-state index contributed by atoms with van der Waals surface area (Å²) in [5.41, 5.74) is 0. The number of aliphatic hydroxyl groups excluding tert-OH is 1. The molecule has 0 aliphatic heterocycles. The number of nitrogens with zero attached hydrogens (tertiary/aromatic N) is 1. The van der Waals surface area contributed by atoms with E-state index in [-0.39, 0.29) is 12.6 Å². The van der Waals surface area contributed by atoms with Crippen molar-refractivity contribution in [2.75, 3.05) is 13.2 Å². The average molecular weight is 278 g/mol. The van der Waals surface area contributed by atoms with Crippen molar-refractivity contribution >= 4 is 11.3 Å². The van der Waals surface area contributed by atoms with Gasteiger partial charge in [-0.15, -0.1) is 11.3 Å². The molecule has 19 heavy (non-hydrogen) atoms. The summed E-state index contributed by atoms with van der Waals surface area (Å²) in [5.74, 6) is 0.773. The Morgan fingerprint density at radius 2 is 2.16 bits per heavy atom. The van der Waals surface area contributed by atoms with Crippen LogP contribution in [-0.2, 0) is 0 Å². The molecule has 2 N–H and O–H groups in total. The number of thiazole rings is 1. The highest BCUT2D eigenvalue weighted by Gasteiger charge is 2.10. The van der Waals surface area contributed by atoms with E-state index in [4.69, 9.17) is 4.74 Å². The number of nitrogens with one attached hydrogen (secondary N) is 1. The zero-order valence-corrected chi connectivity index (χ0v) is 11.6. The van der Waals surface area contributed by atoms with Crippen molar-refractivity contribution in [2.45, 2.75) is 19.1 Å². The molecule has 0 aliphatic rings. The molecule has 0 amide bonds. The lowest BCUT2D eigenvalue weighted by atomic mass is 10.3. The van der Waals surface area contributed by atoms with Gasteiger partial charge < -0.3 is 15.2 Å².